The fourth-order valence-electron chi connectivity index (χ4n) is 0.508. The van der Waals surface area contributed by atoms with Crippen molar-refractivity contribution in [3.63, 3.8) is 0 Å². The van der Waals surface area contributed by atoms with Crippen LogP contribution in [-0.2, 0) is 9.59 Å². The summed E-state index contributed by atoms with van der Waals surface area (Å²) in [4.78, 5) is 20.2. The second kappa shape index (κ2) is 3.99. The van der Waals surface area contributed by atoms with Gasteiger partial charge in [0.15, 0.2) is 0 Å². The molecule has 1 rings (SSSR count). The highest BCUT2D eigenvalue weighted by atomic mass is 16.2. The minimum atomic E-state index is -0.148. The molecule has 1 heterocycles. The number of carbonyl (C=O) groups is 2. The number of hydrazine groups is 1. The molecular weight excluding hydrogens is 122 g/mol. The lowest BCUT2D eigenvalue weighted by atomic mass is 10.4. The lowest BCUT2D eigenvalue weighted by molar-refractivity contribution is -0.124. The zero-order valence-electron chi connectivity index (χ0n) is 4.89. The number of carbonyl (C=O) groups excluding carboxylic acids is 2. The molecular formula is C4H9N3O2. The van der Waals surface area contributed by atoms with Crippen molar-refractivity contribution in [2.24, 2.45) is 11.7 Å². The molecule has 52 valence electrons. The Labute approximate surface area is 52.4 Å². The minimum Gasteiger partial charge on any atom is -0.296 e. The SMILES string of the molecule is NN.O=C1CCC(=O)N1. The van der Waals surface area contributed by atoms with E-state index in [0.717, 1.165) is 0 Å². The topological polar surface area (TPSA) is 98.2 Å². The molecule has 0 aromatic rings. The summed E-state index contributed by atoms with van der Waals surface area (Å²) in [7, 11) is 0. The van der Waals surface area contributed by atoms with Gasteiger partial charge in [0.2, 0.25) is 11.8 Å². The molecule has 1 saturated heterocycles. The first-order valence-electron chi connectivity index (χ1n) is 2.45. The normalized spacial score (nSPS) is 16.2. The zero-order valence-corrected chi connectivity index (χ0v) is 4.89. The van der Waals surface area contributed by atoms with Crippen LogP contribution < -0.4 is 17.0 Å². The molecule has 0 aromatic carbocycles. The average molecular weight is 131 g/mol. The largest absolute Gasteiger partial charge is 0.296 e. The summed E-state index contributed by atoms with van der Waals surface area (Å²) in [5, 5.41) is 2.14. The van der Waals surface area contributed by atoms with E-state index in [9.17, 15) is 9.59 Å². The van der Waals surface area contributed by atoms with Crippen LogP contribution >= 0.6 is 0 Å². The van der Waals surface area contributed by atoms with Gasteiger partial charge in [-0.3, -0.25) is 26.6 Å². The van der Waals surface area contributed by atoms with Crippen molar-refractivity contribution in [2.75, 3.05) is 0 Å². The third-order valence-corrected chi connectivity index (χ3v) is 0.858. The van der Waals surface area contributed by atoms with E-state index in [4.69, 9.17) is 0 Å². The Hall–Kier alpha value is -0.940. The van der Waals surface area contributed by atoms with Gasteiger partial charge in [-0.1, -0.05) is 0 Å². The molecule has 1 fully saturated rings. The van der Waals surface area contributed by atoms with Crippen LogP contribution in [0.3, 0.4) is 0 Å². The average Bonchev–Trinajstić information content (AvgIpc) is 2.20. The summed E-state index contributed by atoms with van der Waals surface area (Å²) in [6.07, 6.45) is 0.748. The maximum Gasteiger partial charge on any atom is 0.227 e. The molecule has 0 saturated carbocycles. The number of hydrogen-bond acceptors (Lipinski definition) is 4. The van der Waals surface area contributed by atoms with Crippen molar-refractivity contribution in [3.8, 4) is 0 Å². The van der Waals surface area contributed by atoms with Gasteiger partial charge in [0, 0.05) is 12.8 Å². The van der Waals surface area contributed by atoms with E-state index in [-0.39, 0.29) is 11.8 Å². The second-order valence-electron chi connectivity index (χ2n) is 1.47. The van der Waals surface area contributed by atoms with Crippen molar-refractivity contribution in [2.45, 2.75) is 12.8 Å². The summed E-state index contributed by atoms with van der Waals surface area (Å²) in [6, 6.07) is 0. The fourth-order valence-corrected chi connectivity index (χ4v) is 0.508. The van der Waals surface area contributed by atoms with Crippen molar-refractivity contribution in [1.82, 2.24) is 5.32 Å². The molecule has 0 aliphatic carbocycles. The highest BCUT2D eigenvalue weighted by Gasteiger charge is 2.15. The molecule has 9 heavy (non-hydrogen) atoms. The summed E-state index contributed by atoms with van der Waals surface area (Å²) in [6.45, 7) is 0. The van der Waals surface area contributed by atoms with Crippen LogP contribution in [0.25, 0.3) is 0 Å². The van der Waals surface area contributed by atoms with Crippen molar-refractivity contribution < 1.29 is 9.59 Å². The van der Waals surface area contributed by atoms with Crippen LogP contribution in [0, 0.1) is 0 Å². The monoisotopic (exact) mass is 131 g/mol. The molecule has 5 N–H and O–H groups in total. The smallest absolute Gasteiger partial charge is 0.227 e. The maximum atomic E-state index is 10.1. The number of imide groups is 1. The Bertz CT molecular complexity index is 109. The van der Waals surface area contributed by atoms with Gasteiger partial charge in [0.1, 0.15) is 0 Å². The van der Waals surface area contributed by atoms with Crippen LogP contribution in [0.1, 0.15) is 12.8 Å². The molecule has 1 aliphatic heterocycles. The molecule has 5 nitrogen and oxygen atoms in total. The standard InChI is InChI=1S/C4H5NO2.H4N2/c6-3-1-2-4(7)5-3;1-2/h1-2H2,(H,5,6,7);1-2H2. The molecule has 0 aromatic heterocycles. The van der Waals surface area contributed by atoms with Gasteiger partial charge in [-0.05, 0) is 0 Å². The fraction of sp³-hybridized carbons (Fsp3) is 0.500. The van der Waals surface area contributed by atoms with Gasteiger partial charge >= 0.3 is 0 Å². The Morgan fingerprint density at radius 1 is 1.11 bits per heavy atom. The molecule has 0 atom stereocenters. The van der Waals surface area contributed by atoms with Gasteiger partial charge in [0.05, 0.1) is 0 Å². The van der Waals surface area contributed by atoms with Crippen molar-refractivity contribution >= 4 is 11.8 Å². The van der Waals surface area contributed by atoms with Crippen molar-refractivity contribution in [3.05, 3.63) is 0 Å². The van der Waals surface area contributed by atoms with Crippen molar-refractivity contribution in [1.29, 1.82) is 0 Å². The highest BCUT2D eigenvalue weighted by molar-refractivity contribution is 6.01. The number of nitrogens with one attached hydrogen (secondary N) is 1. The van der Waals surface area contributed by atoms with Crippen LogP contribution in [-0.4, -0.2) is 11.8 Å². The van der Waals surface area contributed by atoms with E-state index in [1.54, 1.807) is 0 Å². The first-order valence-corrected chi connectivity index (χ1v) is 2.45. The highest BCUT2D eigenvalue weighted by Crippen LogP contribution is 1.95. The minimum absolute atomic E-state index is 0.148. The second-order valence-corrected chi connectivity index (χ2v) is 1.47. The lowest BCUT2D eigenvalue weighted by Gasteiger charge is -1.79. The summed E-state index contributed by atoms with van der Waals surface area (Å²) < 4.78 is 0. The third kappa shape index (κ3) is 2.78. The maximum absolute atomic E-state index is 10.1. The first-order chi connectivity index (χ1) is 4.29. The molecule has 0 bridgehead atoms. The van der Waals surface area contributed by atoms with Crippen LogP contribution in [0.5, 0.6) is 0 Å². The van der Waals surface area contributed by atoms with Gasteiger partial charge in [-0.15, -0.1) is 0 Å². The number of hydrogen-bond donors (Lipinski definition) is 3. The van der Waals surface area contributed by atoms with Crippen LogP contribution in [0.2, 0.25) is 0 Å². The quantitative estimate of drug-likeness (QED) is 0.206. The molecule has 0 spiro atoms. The van der Waals surface area contributed by atoms with Gasteiger partial charge in [-0.2, -0.15) is 0 Å². The molecule has 0 unspecified atom stereocenters. The summed E-state index contributed by atoms with van der Waals surface area (Å²) in [5.41, 5.74) is 0. The van der Waals surface area contributed by atoms with E-state index in [2.05, 4.69) is 17.0 Å². The Balaban J connectivity index is 0.000000291. The predicted octanol–water partition coefficient (Wildman–Crippen LogP) is -1.76. The Kier molecular flexibility index (Phi) is 3.57. The zero-order chi connectivity index (χ0) is 7.28. The number of nitrogens with two attached hydrogens (primary N) is 2. The summed E-state index contributed by atoms with van der Waals surface area (Å²) in [5.74, 6) is 7.70. The van der Waals surface area contributed by atoms with Gasteiger partial charge in [-0.25, -0.2) is 0 Å². The molecule has 0 radical (unpaired) electrons. The molecule has 5 heteroatoms. The molecule has 2 amide bonds. The van der Waals surface area contributed by atoms with E-state index in [1.807, 2.05) is 0 Å². The number of rotatable bonds is 0. The van der Waals surface area contributed by atoms with Crippen LogP contribution in [0.15, 0.2) is 0 Å². The summed E-state index contributed by atoms with van der Waals surface area (Å²) >= 11 is 0. The van der Waals surface area contributed by atoms with Gasteiger partial charge in [0.25, 0.3) is 0 Å². The number of amides is 2. The Morgan fingerprint density at radius 2 is 1.44 bits per heavy atom. The van der Waals surface area contributed by atoms with E-state index < -0.39 is 0 Å². The predicted molar refractivity (Wildman–Crippen MR) is 30.8 cm³/mol. The first kappa shape index (κ1) is 8.06. The van der Waals surface area contributed by atoms with Crippen LogP contribution in [0.4, 0.5) is 0 Å². The lowest BCUT2D eigenvalue weighted by Crippen LogP contribution is -2.18. The van der Waals surface area contributed by atoms with E-state index in [1.165, 1.54) is 0 Å². The van der Waals surface area contributed by atoms with E-state index >= 15 is 0 Å². The third-order valence-electron chi connectivity index (χ3n) is 0.858. The molecule has 1 aliphatic rings. The Morgan fingerprint density at radius 3 is 1.56 bits per heavy atom. The van der Waals surface area contributed by atoms with E-state index in [0.29, 0.717) is 12.8 Å². The van der Waals surface area contributed by atoms with Gasteiger partial charge < -0.3 is 0 Å².